The van der Waals surface area contributed by atoms with E-state index in [1.54, 1.807) is 12.1 Å². The predicted molar refractivity (Wildman–Crippen MR) is 93.1 cm³/mol. The molecule has 0 spiro atoms. The van der Waals surface area contributed by atoms with Crippen LogP contribution in [0.5, 0.6) is 11.5 Å². The summed E-state index contributed by atoms with van der Waals surface area (Å²) in [6.45, 7) is 0. The van der Waals surface area contributed by atoms with Crippen LogP contribution in [0.15, 0.2) is 46.9 Å². The van der Waals surface area contributed by atoms with E-state index in [2.05, 4.69) is 20.7 Å². The number of hydrogen-bond acceptors (Lipinski definition) is 5. The van der Waals surface area contributed by atoms with E-state index in [1.165, 1.54) is 50.6 Å². The monoisotopic (exact) mass is 408 g/mol. The molecule has 0 saturated heterocycles. The number of ether oxygens (including phenoxy) is 3. The van der Waals surface area contributed by atoms with Crippen LogP contribution >= 0.6 is 15.9 Å². The zero-order valence-electron chi connectivity index (χ0n) is 13.4. The van der Waals surface area contributed by atoms with E-state index < -0.39 is 17.8 Å². The maximum Gasteiger partial charge on any atom is 0.346 e. The summed E-state index contributed by atoms with van der Waals surface area (Å²) in [6.07, 6.45) is 2.77. The molecule has 0 bridgehead atoms. The van der Waals surface area contributed by atoms with Gasteiger partial charge in [-0.25, -0.2) is 14.0 Å². The van der Waals surface area contributed by atoms with Crippen LogP contribution in [-0.2, 0) is 9.53 Å². The SMILES string of the molecule is COC(=O)/C=C/c1ccc(OC(=O)c2cc(Br)ccc2F)c(OC)c1. The molecule has 0 aliphatic rings. The van der Waals surface area contributed by atoms with Gasteiger partial charge in [-0.1, -0.05) is 22.0 Å². The van der Waals surface area contributed by atoms with Crippen molar-refractivity contribution in [3.63, 3.8) is 0 Å². The molecule has 0 saturated carbocycles. The van der Waals surface area contributed by atoms with Crippen molar-refractivity contribution in [3.8, 4) is 11.5 Å². The van der Waals surface area contributed by atoms with Gasteiger partial charge in [0, 0.05) is 10.5 Å². The molecule has 2 aromatic carbocycles. The minimum Gasteiger partial charge on any atom is -0.493 e. The van der Waals surface area contributed by atoms with Crippen LogP contribution in [0.2, 0.25) is 0 Å². The number of benzene rings is 2. The lowest BCUT2D eigenvalue weighted by Gasteiger charge is -2.10. The van der Waals surface area contributed by atoms with E-state index in [-0.39, 0.29) is 17.1 Å². The summed E-state index contributed by atoms with van der Waals surface area (Å²) in [5.41, 5.74) is 0.432. The van der Waals surface area contributed by atoms with Crippen LogP contribution in [0, 0.1) is 5.82 Å². The lowest BCUT2D eigenvalue weighted by molar-refractivity contribution is -0.134. The molecule has 0 radical (unpaired) electrons. The van der Waals surface area contributed by atoms with E-state index in [4.69, 9.17) is 9.47 Å². The van der Waals surface area contributed by atoms with E-state index in [1.807, 2.05) is 0 Å². The maximum atomic E-state index is 13.8. The highest BCUT2D eigenvalue weighted by molar-refractivity contribution is 9.10. The van der Waals surface area contributed by atoms with Gasteiger partial charge in [0.05, 0.1) is 19.8 Å². The van der Waals surface area contributed by atoms with Crippen molar-refractivity contribution in [2.75, 3.05) is 14.2 Å². The minimum absolute atomic E-state index is 0.127. The molecule has 0 N–H and O–H groups in total. The molecule has 5 nitrogen and oxygen atoms in total. The van der Waals surface area contributed by atoms with E-state index in [9.17, 15) is 14.0 Å². The van der Waals surface area contributed by atoms with Gasteiger partial charge >= 0.3 is 11.9 Å². The fourth-order valence-corrected chi connectivity index (χ4v) is 2.27. The Morgan fingerprint density at radius 3 is 2.52 bits per heavy atom. The molecule has 0 aromatic heterocycles. The molecular formula is C18H14BrFO5. The summed E-state index contributed by atoms with van der Waals surface area (Å²) < 4.78 is 29.2. The Kier molecular flexibility index (Phi) is 6.30. The van der Waals surface area contributed by atoms with Crippen molar-refractivity contribution in [1.82, 2.24) is 0 Å². The first kappa shape index (κ1) is 18.7. The number of carbonyl (C=O) groups excluding carboxylic acids is 2. The molecule has 0 aliphatic heterocycles. The zero-order chi connectivity index (χ0) is 18.4. The fraction of sp³-hybridized carbons (Fsp3) is 0.111. The highest BCUT2D eigenvalue weighted by atomic mass is 79.9. The van der Waals surface area contributed by atoms with Gasteiger partial charge in [-0.15, -0.1) is 0 Å². The van der Waals surface area contributed by atoms with Crippen molar-refractivity contribution in [2.45, 2.75) is 0 Å². The number of hydrogen-bond donors (Lipinski definition) is 0. The minimum atomic E-state index is -0.852. The molecule has 25 heavy (non-hydrogen) atoms. The standard InChI is InChI=1S/C18H14BrFO5/c1-23-16-9-11(4-8-17(21)24-2)3-7-15(16)25-18(22)13-10-12(19)5-6-14(13)20/h3-10H,1-2H3/b8-4+. The third kappa shape index (κ3) is 4.90. The van der Waals surface area contributed by atoms with Crippen LogP contribution < -0.4 is 9.47 Å². The second kappa shape index (κ2) is 8.43. The van der Waals surface area contributed by atoms with Gasteiger partial charge in [0.25, 0.3) is 0 Å². The Balaban J connectivity index is 2.24. The van der Waals surface area contributed by atoms with E-state index >= 15 is 0 Å². The summed E-state index contributed by atoms with van der Waals surface area (Å²) in [6, 6.07) is 8.65. The molecule has 0 heterocycles. The molecule has 0 atom stereocenters. The number of halogens is 2. The summed E-state index contributed by atoms with van der Waals surface area (Å²) >= 11 is 3.18. The van der Waals surface area contributed by atoms with E-state index in [0.29, 0.717) is 10.0 Å². The van der Waals surface area contributed by atoms with Crippen molar-refractivity contribution < 1.29 is 28.2 Å². The Labute approximate surface area is 152 Å². The van der Waals surface area contributed by atoms with E-state index in [0.717, 1.165) is 0 Å². The highest BCUT2D eigenvalue weighted by Gasteiger charge is 2.17. The third-order valence-corrected chi connectivity index (χ3v) is 3.64. The zero-order valence-corrected chi connectivity index (χ0v) is 15.0. The van der Waals surface area contributed by atoms with Crippen LogP contribution in [0.1, 0.15) is 15.9 Å². The van der Waals surface area contributed by atoms with Gasteiger partial charge in [-0.2, -0.15) is 0 Å². The lowest BCUT2D eigenvalue weighted by atomic mass is 10.2. The van der Waals surface area contributed by atoms with Gasteiger partial charge in [-0.3, -0.25) is 0 Å². The lowest BCUT2D eigenvalue weighted by Crippen LogP contribution is -2.11. The Morgan fingerprint density at radius 1 is 1.08 bits per heavy atom. The molecule has 0 fully saturated rings. The molecule has 0 amide bonds. The number of esters is 2. The number of rotatable bonds is 5. The smallest absolute Gasteiger partial charge is 0.346 e. The second-order valence-corrected chi connectivity index (χ2v) is 5.70. The van der Waals surface area contributed by atoms with Gasteiger partial charge in [0.2, 0.25) is 0 Å². The van der Waals surface area contributed by atoms with Crippen molar-refractivity contribution >= 4 is 33.9 Å². The normalized spacial score (nSPS) is 10.6. The van der Waals surface area contributed by atoms with Crippen LogP contribution in [0.25, 0.3) is 6.08 Å². The van der Waals surface area contributed by atoms with Crippen molar-refractivity contribution in [3.05, 3.63) is 63.9 Å². The Hall–Kier alpha value is -2.67. The summed E-state index contributed by atoms with van der Waals surface area (Å²) in [5, 5.41) is 0. The summed E-state index contributed by atoms with van der Waals surface area (Å²) in [5.74, 6) is -1.66. The quantitative estimate of drug-likeness (QED) is 0.425. The van der Waals surface area contributed by atoms with Crippen LogP contribution in [0.3, 0.4) is 0 Å². The van der Waals surface area contributed by atoms with Crippen molar-refractivity contribution in [2.24, 2.45) is 0 Å². The van der Waals surface area contributed by atoms with Gasteiger partial charge in [-0.05, 0) is 42.0 Å². The third-order valence-electron chi connectivity index (χ3n) is 3.15. The predicted octanol–water partition coefficient (Wildman–Crippen LogP) is 4.00. The molecule has 130 valence electrons. The van der Waals surface area contributed by atoms with Gasteiger partial charge in [0.1, 0.15) is 5.82 Å². The van der Waals surface area contributed by atoms with Crippen LogP contribution in [-0.4, -0.2) is 26.2 Å². The average Bonchev–Trinajstić information content (AvgIpc) is 2.62. The largest absolute Gasteiger partial charge is 0.493 e. The number of carbonyl (C=O) groups is 2. The second-order valence-electron chi connectivity index (χ2n) is 4.78. The highest BCUT2D eigenvalue weighted by Crippen LogP contribution is 2.30. The van der Waals surface area contributed by atoms with Crippen molar-refractivity contribution in [1.29, 1.82) is 0 Å². The molecule has 2 aromatic rings. The molecule has 2 rings (SSSR count). The molecule has 0 aliphatic carbocycles. The first-order valence-corrected chi connectivity index (χ1v) is 7.85. The first-order chi connectivity index (χ1) is 11.9. The molecule has 7 heteroatoms. The fourth-order valence-electron chi connectivity index (χ4n) is 1.91. The molecular weight excluding hydrogens is 395 g/mol. The summed E-state index contributed by atoms with van der Waals surface area (Å²) in [7, 11) is 2.68. The average molecular weight is 409 g/mol. The Bertz CT molecular complexity index is 832. The maximum absolute atomic E-state index is 13.8. The first-order valence-electron chi connectivity index (χ1n) is 7.06. The van der Waals surface area contributed by atoms with Gasteiger partial charge < -0.3 is 14.2 Å². The Morgan fingerprint density at radius 2 is 1.84 bits per heavy atom. The summed E-state index contributed by atoms with van der Waals surface area (Å²) in [4.78, 5) is 23.3. The molecule has 0 unspecified atom stereocenters. The number of methoxy groups -OCH3 is 2. The van der Waals surface area contributed by atoms with Crippen LogP contribution in [0.4, 0.5) is 4.39 Å². The van der Waals surface area contributed by atoms with Gasteiger partial charge in [0.15, 0.2) is 11.5 Å². The topological polar surface area (TPSA) is 61.8 Å².